The van der Waals surface area contributed by atoms with Gasteiger partial charge in [-0.25, -0.2) is 19.3 Å². The van der Waals surface area contributed by atoms with Gasteiger partial charge in [-0.05, 0) is 25.1 Å². The summed E-state index contributed by atoms with van der Waals surface area (Å²) in [5, 5.41) is 0. The molecule has 1 saturated heterocycles. The Hall–Kier alpha value is -2.97. The quantitative estimate of drug-likeness (QED) is 0.848. The minimum atomic E-state index is -0.830. The first-order valence-electron chi connectivity index (χ1n) is 8.70. The Labute approximate surface area is 156 Å². The van der Waals surface area contributed by atoms with Gasteiger partial charge in [0.05, 0.1) is 32.0 Å². The third kappa shape index (κ3) is 3.13. The Morgan fingerprint density at radius 2 is 2.07 bits per heavy atom. The molecule has 1 unspecified atom stereocenters. The summed E-state index contributed by atoms with van der Waals surface area (Å²) in [6.07, 6.45) is 5.57. The van der Waals surface area contributed by atoms with Crippen LogP contribution in [0.3, 0.4) is 0 Å². The van der Waals surface area contributed by atoms with E-state index < -0.39 is 6.17 Å². The standard InChI is InChI=1S/C18H21FN6O2/c1-26-16-11(8-21-17(24-16)27-2)12-7-15(23-14(22-12)3-6-20)25-9-13(19)18(10-25)4-5-18/h3,6-8,13H,4-5,9-10,20H2,1-2H3/b6-3-. The summed E-state index contributed by atoms with van der Waals surface area (Å²) >= 11 is 0. The van der Waals surface area contributed by atoms with Crippen molar-refractivity contribution < 1.29 is 13.9 Å². The Morgan fingerprint density at radius 1 is 1.26 bits per heavy atom. The molecule has 1 aliphatic carbocycles. The van der Waals surface area contributed by atoms with Gasteiger partial charge >= 0.3 is 6.01 Å². The van der Waals surface area contributed by atoms with Crippen molar-refractivity contribution in [2.75, 3.05) is 32.2 Å². The Kier molecular flexibility index (Phi) is 4.29. The summed E-state index contributed by atoms with van der Waals surface area (Å²) in [7, 11) is 2.99. The van der Waals surface area contributed by atoms with Crippen LogP contribution in [0.15, 0.2) is 18.5 Å². The molecular weight excluding hydrogens is 351 g/mol. The molecule has 1 spiro atoms. The molecule has 8 nitrogen and oxygen atoms in total. The number of nitrogens with two attached hydrogens (primary N) is 1. The fourth-order valence-electron chi connectivity index (χ4n) is 3.43. The molecule has 2 fully saturated rings. The molecule has 2 N–H and O–H groups in total. The highest BCUT2D eigenvalue weighted by Gasteiger charge is 2.56. The third-order valence-corrected chi connectivity index (χ3v) is 5.13. The van der Waals surface area contributed by atoms with Gasteiger partial charge in [-0.15, -0.1) is 0 Å². The molecule has 0 bridgehead atoms. The van der Waals surface area contributed by atoms with Crippen molar-refractivity contribution in [3.05, 3.63) is 24.3 Å². The minimum absolute atomic E-state index is 0.197. The molecule has 3 heterocycles. The zero-order valence-corrected chi connectivity index (χ0v) is 15.2. The number of aromatic nitrogens is 4. The lowest BCUT2D eigenvalue weighted by atomic mass is 10.1. The SMILES string of the molecule is COc1ncc(-c2cc(N3CC(F)C4(CC4)C3)nc(/C=C\N)n2)c(OC)n1. The van der Waals surface area contributed by atoms with E-state index in [4.69, 9.17) is 15.2 Å². The number of hydrogen-bond donors (Lipinski definition) is 1. The van der Waals surface area contributed by atoms with Crippen LogP contribution in [-0.2, 0) is 0 Å². The largest absolute Gasteiger partial charge is 0.480 e. The number of rotatable bonds is 5. The second kappa shape index (κ2) is 6.64. The molecule has 0 radical (unpaired) electrons. The summed E-state index contributed by atoms with van der Waals surface area (Å²) < 4.78 is 24.8. The highest BCUT2D eigenvalue weighted by Crippen LogP contribution is 2.54. The van der Waals surface area contributed by atoms with E-state index in [1.807, 2.05) is 4.90 Å². The van der Waals surface area contributed by atoms with Gasteiger partial charge in [0.15, 0.2) is 5.82 Å². The molecule has 1 atom stereocenters. The molecule has 4 rings (SSSR count). The summed E-state index contributed by atoms with van der Waals surface area (Å²) in [4.78, 5) is 19.3. The molecule has 1 aliphatic heterocycles. The van der Waals surface area contributed by atoms with Crippen LogP contribution < -0.4 is 20.1 Å². The van der Waals surface area contributed by atoms with Crippen molar-refractivity contribution in [1.29, 1.82) is 0 Å². The molecule has 2 aliphatic rings. The lowest BCUT2D eigenvalue weighted by Gasteiger charge is -2.18. The van der Waals surface area contributed by atoms with E-state index in [1.165, 1.54) is 20.4 Å². The predicted octanol–water partition coefficient (Wildman–Crippen LogP) is 1.82. The van der Waals surface area contributed by atoms with Gasteiger partial charge in [-0.3, -0.25) is 0 Å². The number of halogens is 1. The third-order valence-electron chi connectivity index (χ3n) is 5.13. The van der Waals surface area contributed by atoms with Gasteiger partial charge in [-0.1, -0.05) is 0 Å². The maximum atomic E-state index is 14.4. The van der Waals surface area contributed by atoms with Gasteiger partial charge in [-0.2, -0.15) is 4.98 Å². The van der Waals surface area contributed by atoms with E-state index in [0.717, 1.165) is 12.8 Å². The molecule has 9 heteroatoms. The topological polar surface area (TPSA) is 99.3 Å². The maximum Gasteiger partial charge on any atom is 0.319 e. The summed E-state index contributed by atoms with van der Waals surface area (Å²) in [6, 6.07) is 2.00. The zero-order valence-electron chi connectivity index (χ0n) is 15.2. The Bertz CT molecular complexity index is 886. The monoisotopic (exact) mass is 372 g/mol. The van der Waals surface area contributed by atoms with Crippen LogP contribution in [-0.4, -0.2) is 53.4 Å². The van der Waals surface area contributed by atoms with Crippen molar-refractivity contribution >= 4 is 11.9 Å². The lowest BCUT2D eigenvalue weighted by Crippen LogP contribution is -2.22. The summed E-state index contributed by atoms with van der Waals surface area (Å²) in [5.41, 5.74) is 6.48. The average molecular weight is 372 g/mol. The molecule has 2 aromatic heterocycles. The highest BCUT2D eigenvalue weighted by atomic mass is 19.1. The number of anilines is 1. The number of nitrogens with zero attached hydrogens (tertiary/aromatic N) is 5. The fraction of sp³-hybridized carbons (Fsp3) is 0.444. The van der Waals surface area contributed by atoms with Crippen LogP contribution in [0.4, 0.5) is 10.2 Å². The first-order valence-corrected chi connectivity index (χ1v) is 8.70. The first-order chi connectivity index (χ1) is 13.1. The van der Waals surface area contributed by atoms with Gasteiger partial charge in [0.25, 0.3) is 0 Å². The van der Waals surface area contributed by atoms with Gasteiger partial charge in [0, 0.05) is 24.2 Å². The van der Waals surface area contributed by atoms with Crippen molar-refractivity contribution in [2.24, 2.45) is 11.1 Å². The molecule has 0 amide bonds. The highest BCUT2D eigenvalue weighted by molar-refractivity contribution is 5.68. The van der Waals surface area contributed by atoms with Gasteiger partial charge in [0.1, 0.15) is 12.0 Å². The van der Waals surface area contributed by atoms with Crippen molar-refractivity contribution in [2.45, 2.75) is 19.0 Å². The smallest absolute Gasteiger partial charge is 0.319 e. The maximum absolute atomic E-state index is 14.4. The molecule has 2 aromatic rings. The van der Waals surface area contributed by atoms with Crippen LogP contribution in [0.1, 0.15) is 18.7 Å². The van der Waals surface area contributed by atoms with Crippen molar-refractivity contribution in [3.8, 4) is 23.1 Å². The number of alkyl halides is 1. The van der Waals surface area contributed by atoms with Crippen molar-refractivity contribution in [1.82, 2.24) is 19.9 Å². The first kappa shape index (κ1) is 17.4. The van der Waals surface area contributed by atoms with Crippen molar-refractivity contribution in [3.63, 3.8) is 0 Å². The Balaban J connectivity index is 1.76. The molecule has 142 valence electrons. The fourth-order valence-corrected chi connectivity index (χ4v) is 3.43. The van der Waals surface area contributed by atoms with Crippen LogP contribution in [0.25, 0.3) is 17.3 Å². The second-order valence-electron chi connectivity index (χ2n) is 6.82. The zero-order chi connectivity index (χ0) is 19.0. The number of hydrogen-bond acceptors (Lipinski definition) is 8. The number of methoxy groups -OCH3 is 2. The van der Waals surface area contributed by atoms with E-state index in [2.05, 4.69) is 19.9 Å². The molecule has 0 aromatic carbocycles. The van der Waals surface area contributed by atoms with Gasteiger partial charge in [0.2, 0.25) is 5.88 Å². The molecule has 1 saturated carbocycles. The second-order valence-corrected chi connectivity index (χ2v) is 6.82. The van der Waals surface area contributed by atoms with Crippen LogP contribution >= 0.6 is 0 Å². The predicted molar refractivity (Wildman–Crippen MR) is 98.2 cm³/mol. The lowest BCUT2D eigenvalue weighted by molar-refractivity contribution is 0.267. The molecular formula is C18H21FN6O2. The Morgan fingerprint density at radius 3 is 2.70 bits per heavy atom. The van der Waals surface area contributed by atoms with Crippen LogP contribution in [0, 0.1) is 5.41 Å². The van der Waals surface area contributed by atoms with E-state index in [1.54, 1.807) is 18.3 Å². The summed E-state index contributed by atoms with van der Waals surface area (Å²) in [6.45, 7) is 0.991. The van der Waals surface area contributed by atoms with E-state index >= 15 is 0 Å². The van der Waals surface area contributed by atoms with Crippen LogP contribution in [0.2, 0.25) is 0 Å². The minimum Gasteiger partial charge on any atom is -0.480 e. The van der Waals surface area contributed by atoms with E-state index in [9.17, 15) is 4.39 Å². The number of ether oxygens (including phenoxy) is 2. The van der Waals surface area contributed by atoms with Crippen LogP contribution in [0.5, 0.6) is 11.9 Å². The normalized spacial score (nSPS) is 20.4. The summed E-state index contributed by atoms with van der Waals surface area (Å²) in [5.74, 6) is 1.41. The van der Waals surface area contributed by atoms with Gasteiger partial charge < -0.3 is 20.1 Å². The average Bonchev–Trinajstić information content (AvgIpc) is 3.40. The molecule has 27 heavy (non-hydrogen) atoms. The van der Waals surface area contributed by atoms with E-state index in [-0.39, 0.29) is 11.4 Å². The van der Waals surface area contributed by atoms with E-state index in [0.29, 0.717) is 41.9 Å².